The second kappa shape index (κ2) is 3.49. The fourth-order valence-electron chi connectivity index (χ4n) is 1.27. The van der Waals surface area contributed by atoms with E-state index >= 15 is 0 Å². The van der Waals surface area contributed by atoms with Gasteiger partial charge in [-0.25, -0.2) is 0 Å². The van der Waals surface area contributed by atoms with Crippen LogP contribution in [0.5, 0.6) is 0 Å². The van der Waals surface area contributed by atoms with Gasteiger partial charge in [-0.3, -0.25) is 19.9 Å². The standard InChI is InChI=1S/C9H7N3O3/c13-8-5-10-9(11-8)6-1-3-7(4-2-6)12(14)15/h1-4H,5H2,(H,10,11,13). The van der Waals surface area contributed by atoms with Crippen molar-refractivity contribution in [2.24, 2.45) is 4.99 Å². The zero-order valence-electron chi connectivity index (χ0n) is 7.64. The summed E-state index contributed by atoms with van der Waals surface area (Å²) < 4.78 is 0. The highest BCUT2D eigenvalue weighted by atomic mass is 16.6. The highest BCUT2D eigenvalue weighted by molar-refractivity contribution is 6.12. The maximum atomic E-state index is 10.9. The number of hydrogen-bond acceptors (Lipinski definition) is 4. The molecule has 0 unspecified atom stereocenters. The Morgan fingerprint density at radius 1 is 1.33 bits per heavy atom. The first-order valence-corrected chi connectivity index (χ1v) is 4.26. The van der Waals surface area contributed by atoms with Crippen LogP contribution in [0, 0.1) is 10.1 Å². The Bertz CT molecular complexity index is 450. The van der Waals surface area contributed by atoms with Gasteiger partial charge >= 0.3 is 0 Å². The van der Waals surface area contributed by atoms with Crippen LogP contribution in [0.3, 0.4) is 0 Å². The Kier molecular flexibility index (Phi) is 2.17. The number of carbonyl (C=O) groups excluding carboxylic acids is 1. The van der Waals surface area contributed by atoms with Crippen molar-refractivity contribution in [3.05, 3.63) is 39.9 Å². The Labute approximate surface area is 84.8 Å². The van der Waals surface area contributed by atoms with Gasteiger partial charge in [-0.1, -0.05) is 0 Å². The number of hydrogen-bond donors (Lipinski definition) is 1. The van der Waals surface area contributed by atoms with Crippen molar-refractivity contribution in [3.8, 4) is 0 Å². The molecule has 2 rings (SSSR count). The van der Waals surface area contributed by atoms with Gasteiger partial charge in [-0.15, -0.1) is 0 Å². The molecular formula is C9H7N3O3. The lowest BCUT2D eigenvalue weighted by atomic mass is 10.2. The van der Waals surface area contributed by atoms with Crippen LogP contribution in [0.25, 0.3) is 0 Å². The maximum Gasteiger partial charge on any atom is 0.269 e. The van der Waals surface area contributed by atoms with E-state index < -0.39 is 4.92 Å². The number of nitro benzene ring substituents is 1. The summed E-state index contributed by atoms with van der Waals surface area (Å²) in [5.41, 5.74) is 0.690. The number of nitrogens with one attached hydrogen (secondary N) is 1. The number of aliphatic imine (C=N–C) groups is 1. The summed E-state index contributed by atoms with van der Waals surface area (Å²) in [6, 6.07) is 5.87. The van der Waals surface area contributed by atoms with Crippen LogP contribution in [-0.2, 0) is 4.79 Å². The molecule has 1 aliphatic rings. The van der Waals surface area contributed by atoms with Gasteiger partial charge in [0.2, 0.25) is 5.91 Å². The van der Waals surface area contributed by atoms with E-state index in [0.29, 0.717) is 11.4 Å². The molecule has 76 valence electrons. The second-order valence-electron chi connectivity index (χ2n) is 3.02. The highest BCUT2D eigenvalue weighted by Gasteiger charge is 2.15. The van der Waals surface area contributed by atoms with Gasteiger partial charge in [-0.05, 0) is 12.1 Å². The predicted octanol–water partition coefficient (Wildman–Crippen LogP) is 0.471. The summed E-state index contributed by atoms with van der Waals surface area (Å²) in [5, 5.41) is 13.0. The number of amides is 1. The smallest absolute Gasteiger partial charge is 0.269 e. The Morgan fingerprint density at radius 2 is 2.00 bits per heavy atom. The van der Waals surface area contributed by atoms with Crippen molar-refractivity contribution >= 4 is 17.4 Å². The molecule has 1 amide bonds. The van der Waals surface area contributed by atoms with Crippen molar-refractivity contribution in [1.82, 2.24) is 5.32 Å². The minimum atomic E-state index is -0.473. The zero-order valence-corrected chi connectivity index (χ0v) is 7.64. The topological polar surface area (TPSA) is 84.6 Å². The number of benzene rings is 1. The molecule has 1 aromatic carbocycles. The molecule has 0 saturated heterocycles. The predicted molar refractivity (Wildman–Crippen MR) is 52.6 cm³/mol. The number of carbonyl (C=O) groups is 1. The Hall–Kier alpha value is -2.24. The van der Waals surface area contributed by atoms with Gasteiger partial charge in [0.15, 0.2) is 0 Å². The van der Waals surface area contributed by atoms with E-state index in [1.807, 2.05) is 0 Å². The summed E-state index contributed by atoms with van der Waals surface area (Å²) in [5.74, 6) is 0.304. The molecule has 15 heavy (non-hydrogen) atoms. The SMILES string of the molecule is O=C1CN=C(c2ccc([N+](=O)[O-])cc2)N1. The van der Waals surface area contributed by atoms with Crippen LogP contribution in [-0.4, -0.2) is 23.2 Å². The number of nitro groups is 1. The van der Waals surface area contributed by atoms with E-state index in [9.17, 15) is 14.9 Å². The molecule has 0 bridgehead atoms. The summed E-state index contributed by atoms with van der Waals surface area (Å²) in [6.07, 6.45) is 0. The summed E-state index contributed by atoms with van der Waals surface area (Å²) in [6.45, 7) is 0.117. The monoisotopic (exact) mass is 205 g/mol. The fourth-order valence-corrected chi connectivity index (χ4v) is 1.27. The molecule has 1 N–H and O–H groups in total. The lowest BCUT2D eigenvalue weighted by Crippen LogP contribution is -2.25. The average molecular weight is 205 g/mol. The van der Waals surface area contributed by atoms with Crippen LogP contribution in [0.4, 0.5) is 5.69 Å². The third-order valence-electron chi connectivity index (χ3n) is 1.99. The van der Waals surface area contributed by atoms with E-state index in [1.54, 1.807) is 12.1 Å². The maximum absolute atomic E-state index is 10.9. The molecule has 1 aliphatic heterocycles. The first-order valence-electron chi connectivity index (χ1n) is 4.26. The van der Waals surface area contributed by atoms with E-state index in [-0.39, 0.29) is 18.1 Å². The van der Waals surface area contributed by atoms with Crippen molar-refractivity contribution in [2.45, 2.75) is 0 Å². The lowest BCUT2D eigenvalue weighted by Gasteiger charge is -1.99. The van der Waals surface area contributed by atoms with Crippen molar-refractivity contribution < 1.29 is 9.72 Å². The van der Waals surface area contributed by atoms with Gasteiger partial charge in [0.1, 0.15) is 12.4 Å². The highest BCUT2D eigenvalue weighted by Crippen LogP contribution is 2.12. The van der Waals surface area contributed by atoms with Gasteiger partial charge in [0.25, 0.3) is 5.69 Å². The normalized spacial score (nSPS) is 14.7. The number of rotatable bonds is 2. The molecular weight excluding hydrogens is 198 g/mol. The van der Waals surface area contributed by atoms with E-state index in [2.05, 4.69) is 10.3 Å². The molecule has 0 saturated carbocycles. The summed E-state index contributed by atoms with van der Waals surface area (Å²) in [4.78, 5) is 24.7. The Morgan fingerprint density at radius 3 is 2.47 bits per heavy atom. The Balaban J connectivity index is 2.24. The first-order chi connectivity index (χ1) is 7.16. The van der Waals surface area contributed by atoms with Gasteiger partial charge in [-0.2, -0.15) is 0 Å². The molecule has 1 aromatic rings. The fraction of sp³-hybridized carbons (Fsp3) is 0.111. The van der Waals surface area contributed by atoms with E-state index in [4.69, 9.17) is 0 Å². The van der Waals surface area contributed by atoms with Crippen molar-refractivity contribution in [1.29, 1.82) is 0 Å². The average Bonchev–Trinajstić information content (AvgIpc) is 2.65. The van der Waals surface area contributed by atoms with Crippen LogP contribution < -0.4 is 5.32 Å². The molecule has 0 atom stereocenters. The quantitative estimate of drug-likeness (QED) is 0.562. The second-order valence-corrected chi connectivity index (χ2v) is 3.02. The third kappa shape index (κ3) is 1.83. The molecule has 0 radical (unpaired) electrons. The first kappa shape index (κ1) is 9.32. The lowest BCUT2D eigenvalue weighted by molar-refractivity contribution is -0.384. The van der Waals surface area contributed by atoms with Crippen molar-refractivity contribution in [3.63, 3.8) is 0 Å². The van der Waals surface area contributed by atoms with Crippen LogP contribution >= 0.6 is 0 Å². The van der Waals surface area contributed by atoms with Crippen molar-refractivity contribution in [2.75, 3.05) is 6.54 Å². The van der Waals surface area contributed by atoms with Gasteiger partial charge < -0.3 is 5.32 Å². The molecule has 0 spiro atoms. The molecule has 0 aromatic heterocycles. The van der Waals surface area contributed by atoms with Crippen LogP contribution in [0.2, 0.25) is 0 Å². The molecule has 0 fully saturated rings. The largest absolute Gasteiger partial charge is 0.309 e. The third-order valence-corrected chi connectivity index (χ3v) is 1.99. The minimum Gasteiger partial charge on any atom is -0.309 e. The molecule has 0 aliphatic carbocycles. The van der Waals surface area contributed by atoms with Gasteiger partial charge in [0.05, 0.1) is 4.92 Å². The van der Waals surface area contributed by atoms with Gasteiger partial charge in [0, 0.05) is 17.7 Å². The minimum absolute atomic E-state index is 0.0173. The zero-order chi connectivity index (χ0) is 10.8. The number of amidine groups is 1. The van der Waals surface area contributed by atoms with Crippen LogP contribution in [0.1, 0.15) is 5.56 Å². The number of non-ortho nitro benzene ring substituents is 1. The van der Waals surface area contributed by atoms with Crippen LogP contribution in [0.15, 0.2) is 29.3 Å². The van der Waals surface area contributed by atoms with E-state index in [1.165, 1.54) is 12.1 Å². The van der Waals surface area contributed by atoms with E-state index in [0.717, 1.165) is 0 Å². The molecule has 1 heterocycles. The summed E-state index contributed by atoms with van der Waals surface area (Å²) in [7, 11) is 0. The molecule has 6 nitrogen and oxygen atoms in total. The number of nitrogens with zero attached hydrogens (tertiary/aromatic N) is 2. The summed E-state index contributed by atoms with van der Waals surface area (Å²) >= 11 is 0. The molecule has 6 heteroatoms.